The van der Waals surface area contributed by atoms with Crippen LogP contribution in [0.2, 0.25) is 0 Å². The van der Waals surface area contributed by atoms with E-state index in [1.165, 1.54) is 12.1 Å². The molecule has 0 aliphatic heterocycles. The summed E-state index contributed by atoms with van der Waals surface area (Å²) in [7, 11) is 0. The summed E-state index contributed by atoms with van der Waals surface area (Å²) in [6.45, 7) is 0. The quantitative estimate of drug-likeness (QED) is 0.399. The number of rotatable bonds is 3. The lowest BCUT2D eigenvalue weighted by Crippen LogP contribution is -1.97. The van der Waals surface area contributed by atoms with Gasteiger partial charge in [-0.15, -0.1) is 0 Å². The highest BCUT2D eigenvalue weighted by Gasteiger charge is 2.08. The van der Waals surface area contributed by atoms with Crippen molar-refractivity contribution in [3.05, 3.63) is 31.9 Å². The van der Waals surface area contributed by atoms with Gasteiger partial charge < -0.3 is 5.32 Å². The Morgan fingerprint density at radius 3 is 2.77 bits per heavy atom. The summed E-state index contributed by atoms with van der Waals surface area (Å²) in [5, 5.41) is 12.7. The third kappa shape index (κ3) is 2.38. The summed E-state index contributed by atoms with van der Waals surface area (Å²) in [5.41, 5.74) is 0.412. The van der Waals surface area contributed by atoms with E-state index in [-0.39, 0.29) is 5.69 Å². The van der Waals surface area contributed by atoms with Crippen LogP contribution < -0.4 is 5.32 Å². The summed E-state index contributed by atoms with van der Waals surface area (Å²) in [5.74, 6) is 0. The third-order valence-electron chi connectivity index (χ3n) is 1.38. The lowest BCUT2D eigenvalue weighted by atomic mass is 10.3. The van der Waals surface area contributed by atoms with Gasteiger partial charge in [0.1, 0.15) is 0 Å². The zero-order valence-electron chi connectivity index (χ0n) is 6.36. The normalized spacial score (nSPS) is 9.31. The van der Waals surface area contributed by atoms with Crippen LogP contribution in [0.1, 0.15) is 0 Å². The Labute approximate surface area is 87.4 Å². The van der Waals surface area contributed by atoms with Gasteiger partial charge in [0, 0.05) is 15.7 Å². The summed E-state index contributed by atoms with van der Waals surface area (Å²) in [6, 6.07) is 4.28. The number of halogens is 1. The number of nitro benzene ring substituents is 1. The van der Waals surface area contributed by atoms with E-state index < -0.39 is 4.92 Å². The summed E-state index contributed by atoms with van der Waals surface area (Å²) >= 11 is 1.98. The Kier molecular flexibility index (Phi) is 3.18. The monoisotopic (exact) mass is 292 g/mol. The Bertz CT molecular complexity index is 354. The Morgan fingerprint density at radius 1 is 1.54 bits per heavy atom. The molecule has 0 saturated heterocycles. The lowest BCUT2D eigenvalue weighted by Gasteiger charge is -2.00. The number of nitrogens with one attached hydrogen (secondary N) is 1. The molecule has 0 fully saturated rings. The molecule has 1 amide bonds. The maximum absolute atomic E-state index is 10.4. The van der Waals surface area contributed by atoms with Crippen LogP contribution in [0.15, 0.2) is 18.2 Å². The molecule has 1 N–H and O–H groups in total. The summed E-state index contributed by atoms with van der Waals surface area (Å²) < 4.78 is 0.760. The van der Waals surface area contributed by atoms with Crippen molar-refractivity contribution >= 4 is 40.4 Å². The zero-order chi connectivity index (χ0) is 9.84. The summed E-state index contributed by atoms with van der Waals surface area (Å²) in [4.78, 5) is 20.0. The third-order valence-corrected chi connectivity index (χ3v) is 2.32. The first-order valence-electron chi connectivity index (χ1n) is 3.29. The molecule has 0 aliphatic rings. The van der Waals surface area contributed by atoms with E-state index in [1.54, 1.807) is 6.07 Å². The van der Waals surface area contributed by atoms with Gasteiger partial charge in [-0.1, -0.05) is 0 Å². The van der Waals surface area contributed by atoms with E-state index in [2.05, 4.69) is 5.32 Å². The van der Waals surface area contributed by atoms with Crippen LogP contribution in [-0.4, -0.2) is 11.3 Å². The topological polar surface area (TPSA) is 72.2 Å². The van der Waals surface area contributed by atoms with Crippen molar-refractivity contribution in [3.63, 3.8) is 0 Å². The van der Waals surface area contributed by atoms with E-state index in [0.29, 0.717) is 12.1 Å². The molecule has 5 nitrogen and oxygen atoms in total. The molecule has 0 aliphatic carbocycles. The predicted molar refractivity (Wildman–Crippen MR) is 55.5 cm³/mol. The Morgan fingerprint density at radius 2 is 2.23 bits per heavy atom. The van der Waals surface area contributed by atoms with Crippen LogP contribution in [0, 0.1) is 13.7 Å². The first kappa shape index (κ1) is 9.90. The van der Waals surface area contributed by atoms with Gasteiger partial charge in [-0.05, 0) is 28.7 Å². The molecule has 0 saturated carbocycles. The maximum atomic E-state index is 10.4. The van der Waals surface area contributed by atoms with Gasteiger partial charge >= 0.3 is 0 Å². The fourth-order valence-corrected chi connectivity index (χ4v) is 1.29. The van der Waals surface area contributed by atoms with Gasteiger partial charge in [0.15, 0.2) is 0 Å². The van der Waals surface area contributed by atoms with Gasteiger partial charge in [-0.3, -0.25) is 14.9 Å². The number of hydrogen-bond donors (Lipinski definition) is 1. The highest BCUT2D eigenvalue weighted by molar-refractivity contribution is 14.1. The van der Waals surface area contributed by atoms with Crippen molar-refractivity contribution in [2.24, 2.45) is 0 Å². The van der Waals surface area contributed by atoms with Crippen LogP contribution in [0.4, 0.5) is 11.4 Å². The molecule has 0 spiro atoms. The Balaban J connectivity index is 3.10. The number of amides is 1. The van der Waals surface area contributed by atoms with Gasteiger partial charge in [-0.25, -0.2) is 0 Å². The highest BCUT2D eigenvalue weighted by atomic mass is 127. The van der Waals surface area contributed by atoms with Crippen LogP contribution in [0.5, 0.6) is 0 Å². The van der Waals surface area contributed by atoms with Crippen LogP contribution in [0.25, 0.3) is 0 Å². The molecular formula is C7H5IN2O3. The fraction of sp³-hybridized carbons (Fsp3) is 0. The van der Waals surface area contributed by atoms with Gasteiger partial charge in [-0.2, -0.15) is 0 Å². The molecule has 0 bridgehead atoms. The molecule has 6 heteroatoms. The average Bonchev–Trinajstić information content (AvgIpc) is 2.08. The molecule has 0 aromatic heterocycles. The summed E-state index contributed by atoms with van der Waals surface area (Å²) in [6.07, 6.45) is 0.487. The number of anilines is 1. The number of nitrogens with zero attached hydrogens (tertiary/aromatic N) is 1. The smallest absolute Gasteiger partial charge is 0.271 e. The zero-order valence-corrected chi connectivity index (χ0v) is 8.52. The van der Waals surface area contributed by atoms with Crippen LogP contribution in [0.3, 0.4) is 0 Å². The van der Waals surface area contributed by atoms with Crippen LogP contribution in [-0.2, 0) is 4.79 Å². The van der Waals surface area contributed by atoms with E-state index in [0.717, 1.165) is 3.57 Å². The molecule has 13 heavy (non-hydrogen) atoms. The molecule has 1 aromatic carbocycles. The minimum Gasteiger partial charge on any atom is -0.328 e. The molecule has 0 atom stereocenters. The van der Waals surface area contributed by atoms with E-state index >= 15 is 0 Å². The average molecular weight is 292 g/mol. The van der Waals surface area contributed by atoms with E-state index in [9.17, 15) is 14.9 Å². The maximum Gasteiger partial charge on any atom is 0.271 e. The van der Waals surface area contributed by atoms with E-state index in [1.807, 2.05) is 22.6 Å². The number of carbonyl (C=O) groups excluding carboxylic acids is 1. The number of benzene rings is 1. The molecular weight excluding hydrogens is 287 g/mol. The second kappa shape index (κ2) is 4.17. The number of carbonyl (C=O) groups is 1. The lowest BCUT2D eigenvalue weighted by molar-refractivity contribution is -0.384. The predicted octanol–water partition coefficient (Wildman–Crippen LogP) is 1.77. The molecule has 0 unspecified atom stereocenters. The van der Waals surface area contributed by atoms with Crippen molar-refractivity contribution < 1.29 is 9.72 Å². The van der Waals surface area contributed by atoms with Gasteiger partial charge in [0.2, 0.25) is 6.41 Å². The molecule has 68 valence electrons. The van der Waals surface area contributed by atoms with Crippen molar-refractivity contribution in [2.45, 2.75) is 0 Å². The number of hydrogen-bond acceptors (Lipinski definition) is 3. The van der Waals surface area contributed by atoms with Crippen molar-refractivity contribution in [3.8, 4) is 0 Å². The first-order valence-corrected chi connectivity index (χ1v) is 4.37. The fourth-order valence-electron chi connectivity index (χ4n) is 0.801. The minimum atomic E-state index is -0.508. The number of nitro groups is 1. The number of non-ortho nitro benzene ring substituents is 1. The molecule has 0 heterocycles. The molecule has 0 radical (unpaired) electrons. The largest absolute Gasteiger partial charge is 0.328 e. The molecule has 1 aromatic rings. The van der Waals surface area contributed by atoms with Gasteiger partial charge in [0.05, 0.1) is 10.6 Å². The van der Waals surface area contributed by atoms with Crippen molar-refractivity contribution in [2.75, 3.05) is 5.32 Å². The van der Waals surface area contributed by atoms with Crippen molar-refractivity contribution in [1.82, 2.24) is 0 Å². The second-order valence-electron chi connectivity index (χ2n) is 2.18. The Hall–Kier alpha value is -1.18. The minimum absolute atomic E-state index is 0.0373. The van der Waals surface area contributed by atoms with Gasteiger partial charge in [0.25, 0.3) is 5.69 Å². The SMILES string of the molecule is O=CNc1cc([N+](=O)[O-])ccc1I. The first-order chi connectivity index (χ1) is 6.15. The highest BCUT2D eigenvalue weighted by Crippen LogP contribution is 2.23. The van der Waals surface area contributed by atoms with Crippen molar-refractivity contribution in [1.29, 1.82) is 0 Å². The van der Waals surface area contributed by atoms with Crippen LogP contribution >= 0.6 is 22.6 Å². The molecule has 1 rings (SSSR count). The standard InChI is InChI=1S/C7H5IN2O3/c8-6-2-1-5(10(12)13)3-7(6)9-4-11/h1-4H,(H,9,11). The second-order valence-corrected chi connectivity index (χ2v) is 3.35. The van der Waals surface area contributed by atoms with E-state index in [4.69, 9.17) is 0 Å².